The molecular formula is C42H81NO8. The predicted octanol–water partition coefficient (Wildman–Crippen LogP) is 8.17. The average Bonchev–Trinajstić information content (AvgIpc) is 3.13. The third-order valence-corrected chi connectivity index (χ3v) is 10.4. The Morgan fingerprint density at radius 3 is 1.53 bits per heavy atom. The van der Waals surface area contributed by atoms with Crippen molar-refractivity contribution in [2.24, 2.45) is 0 Å². The van der Waals surface area contributed by atoms with Gasteiger partial charge in [0.1, 0.15) is 24.4 Å². The Balaban J connectivity index is 2.40. The highest BCUT2D eigenvalue weighted by Gasteiger charge is 2.44. The van der Waals surface area contributed by atoms with Gasteiger partial charge in [0.15, 0.2) is 6.29 Å². The first-order valence-electron chi connectivity index (χ1n) is 21.4. The van der Waals surface area contributed by atoms with E-state index in [-0.39, 0.29) is 12.5 Å². The van der Waals surface area contributed by atoms with E-state index in [0.717, 1.165) is 38.5 Å². The molecule has 0 radical (unpaired) electrons. The highest BCUT2D eigenvalue weighted by molar-refractivity contribution is 5.76. The van der Waals surface area contributed by atoms with Crippen LogP contribution < -0.4 is 5.32 Å². The highest BCUT2D eigenvalue weighted by atomic mass is 16.7. The first-order chi connectivity index (χ1) is 24.8. The van der Waals surface area contributed by atoms with Crippen molar-refractivity contribution in [1.82, 2.24) is 5.32 Å². The van der Waals surface area contributed by atoms with E-state index in [1.807, 2.05) is 6.08 Å². The van der Waals surface area contributed by atoms with E-state index in [4.69, 9.17) is 9.47 Å². The molecular weight excluding hydrogens is 646 g/mol. The summed E-state index contributed by atoms with van der Waals surface area (Å²) in [4.78, 5) is 12.9. The lowest BCUT2D eigenvalue weighted by Gasteiger charge is -2.40. The van der Waals surface area contributed by atoms with Crippen LogP contribution in [-0.2, 0) is 14.3 Å². The normalized spacial score (nSPS) is 22.1. The van der Waals surface area contributed by atoms with Crippen molar-refractivity contribution in [3.8, 4) is 0 Å². The van der Waals surface area contributed by atoms with Gasteiger partial charge in [-0.15, -0.1) is 0 Å². The van der Waals surface area contributed by atoms with Gasteiger partial charge < -0.3 is 40.3 Å². The minimum atomic E-state index is -1.56. The van der Waals surface area contributed by atoms with Crippen LogP contribution in [0.5, 0.6) is 0 Å². The Hall–Kier alpha value is -1.07. The molecule has 0 bridgehead atoms. The van der Waals surface area contributed by atoms with Crippen LogP contribution in [0.25, 0.3) is 0 Å². The summed E-state index contributed by atoms with van der Waals surface area (Å²) in [7, 11) is 0. The summed E-state index contributed by atoms with van der Waals surface area (Å²) < 4.78 is 11.2. The molecule has 7 atom stereocenters. The molecule has 1 fully saturated rings. The summed E-state index contributed by atoms with van der Waals surface area (Å²) in [6.07, 6.45) is 29.6. The van der Waals surface area contributed by atoms with E-state index >= 15 is 0 Å². The number of hydrogen-bond donors (Lipinski definition) is 6. The van der Waals surface area contributed by atoms with Crippen molar-refractivity contribution in [3.63, 3.8) is 0 Å². The molecule has 1 rings (SSSR count). The number of carbonyl (C=O) groups is 1. The Morgan fingerprint density at radius 1 is 0.647 bits per heavy atom. The summed E-state index contributed by atoms with van der Waals surface area (Å²) in [5.41, 5.74) is 0. The molecule has 0 aromatic heterocycles. The molecule has 1 aliphatic rings. The number of unbranched alkanes of at least 4 members (excludes halogenated alkanes) is 25. The molecule has 302 valence electrons. The molecule has 51 heavy (non-hydrogen) atoms. The Labute approximate surface area is 312 Å². The number of amides is 1. The second-order valence-electron chi connectivity index (χ2n) is 15.1. The molecule has 1 aliphatic heterocycles. The number of nitrogens with one attached hydrogen (secondary N) is 1. The molecule has 2 unspecified atom stereocenters. The first kappa shape index (κ1) is 48.0. The van der Waals surface area contributed by atoms with E-state index in [1.165, 1.54) is 135 Å². The molecule has 0 saturated carbocycles. The Morgan fingerprint density at radius 2 is 1.08 bits per heavy atom. The third-order valence-electron chi connectivity index (χ3n) is 10.4. The van der Waals surface area contributed by atoms with Gasteiger partial charge in [-0.1, -0.05) is 180 Å². The third kappa shape index (κ3) is 24.8. The molecule has 0 aromatic carbocycles. The number of hydrogen-bond acceptors (Lipinski definition) is 8. The number of allylic oxidation sites excluding steroid dienone is 1. The van der Waals surface area contributed by atoms with E-state index in [1.54, 1.807) is 6.08 Å². The standard InChI is InChI=1S/C42H81NO8/c1-3-5-7-9-11-13-15-17-18-19-20-21-23-25-27-29-31-36(45)35(34-50-42-41(49)40(48)39(47)37(33-44)51-42)43-38(46)32-30-28-26-24-22-16-14-12-10-8-6-4-2/h29,31,35-37,39-42,44-45,47-49H,3-28,30,32-34H2,1-2H3,(H,43,46)/b31-29+/t35-,36+,37+,39+,40?,41?,42+/m0/s1. The largest absolute Gasteiger partial charge is 0.394 e. The van der Waals surface area contributed by atoms with Crippen molar-refractivity contribution >= 4 is 5.91 Å². The van der Waals surface area contributed by atoms with Gasteiger partial charge in [0.25, 0.3) is 0 Å². The molecule has 0 spiro atoms. The summed E-state index contributed by atoms with van der Waals surface area (Å²) >= 11 is 0. The van der Waals surface area contributed by atoms with Crippen LogP contribution in [0.1, 0.15) is 194 Å². The summed E-state index contributed by atoms with van der Waals surface area (Å²) in [5, 5.41) is 54.0. The molecule has 9 nitrogen and oxygen atoms in total. The van der Waals surface area contributed by atoms with E-state index < -0.39 is 49.5 Å². The van der Waals surface area contributed by atoms with Gasteiger partial charge in [-0.3, -0.25) is 4.79 Å². The second kappa shape index (κ2) is 33.5. The maximum atomic E-state index is 12.9. The topological polar surface area (TPSA) is 149 Å². The van der Waals surface area contributed by atoms with Crippen LogP contribution in [0.15, 0.2) is 12.2 Å². The summed E-state index contributed by atoms with van der Waals surface area (Å²) in [6.45, 7) is 3.76. The minimum Gasteiger partial charge on any atom is -0.394 e. The fraction of sp³-hybridized carbons (Fsp3) is 0.929. The first-order valence-corrected chi connectivity index (χ1v) is 21.4. The van der Waals surface area contributed by atoms with E-state index in [2.05, 4.69) is 19.2 Å². The van der Waals surface area contributed by atoms with Crippen molar-refractivity contribution < 1.29 is 39.8 Å². The lowest BCUT2D eigenvalue weighted by atomic mass is 9.99. The van der Waals surface area contributed by atoms with Crippen molar-refractivity contribution in [3.05, 3.63) is 12.2 Å². The molecule has 0 aromatic rings. The molecule has 1 heterocycles. The zero-order valence-electron chi connectivity index (χ0n) is 32.9. The van der Waals surface area contributed by atoms with Crippen LogP contribution >= 0.6 is 0 Å². The smallest absolute Gasteiger partial charge is 0.220 e. The molecule has 0 aliphatic carbocycles. The predicted molar refractivity (Wildman–Crippen MR) is 207 cm³/mol. The van der Waals surface area contributed by atoms with E-state index in [0.29, 0.717) is 6.42 Å². The zero-order chi connectivity index (χ0) is 37.4. The van der Waals surface area contributed by atoms with Crippen LogP contribution in [0.4, 0.5) is 0 Å². The lowest BCUT2D eigenvalue weighted by Crippen LogP contribution is -2.60. The Kier molecular flexibility index (Phi) is 31.5. The summed E-state index contributed by atoms with van der Waals surface area (Å²) in [5.74, 6) is -0.177. The van der Waals surface area contributed by atoms with Gasteiger partial charge in [-0.05, 0) is 19.3 Å². The number of ether oxygens (including phenoxy) is 2. The molecule has 9 heteroatoms. The molecule has 6 N–H and O–H groups in total. The fourth-order valence-corrected chi connectivity index (χ4v) is 6.86. The number of rotatable bonds is 35. The maximum Gasteiger partial charge on any atom is 0.220 e. The highest BCUT2D eigenvalue weighted by Crippen LogP contribution is 2.22. The fourth-order valence-electron chi connectivity index (χ4n) is 6.86. The summed E-state index contributed by atoms with van der Waals surface area (Å²) in [6, 6.07) is -0.796. The maximum absolute atomic E-state index is 12.9. The van der Waals surface area contributed by atoms with Gasteiger partial charge in [-0.25, -0.2) is 0 Å². The number of carbonyl (C=O) groups excluding carboxylic acids is 1. The SMILES string of the molecule is CCCCCCCCCCCCCCCC/C=C/[C@@H](O)[C@H](CO[C@@H]1O[C@H](CO)[C@@H](O)C(O)C1O)NC(=O)CCCCCCCCCCCCCC. The molecule has 1 amide bonds. The van der Waals surface area contributed by atoms with Gasteiger partial charge in [0.05, 0.1) is 25.4 Å². The number of aliphatic hydroxyl groups is 5. The van der Waals surface area contributed by atoms with Crippen LogP contribution in [-0.4, -0.2) is 87.5 Å². The average molecular weight is 728 g/mol. The number of aliphatic hydroxyl groups excluding tert-OH is 5. The lowest BCUT2D eigenvalue weighted by molar-refractivity contribution is -0.302. The minimum absolute atomic E-state index is 0.177. The van der Waals surface area contributed by atoms with Crippen molar-refractivity contribution in [2.45, 2.75) is 236 Å². The Bertz CT molecular complexity index is 812. The second-order valence-corrected chi connectivity index (χ2v) is 15.1. The van der Waals surface area contributed by atoms with Crippen LogP contribution in [0, 0.1) is 0 Å². The van der Waals surface area contributed by atoms with Crippen LogP contribution in [0.2, 0.25) is 0 Å². The van der Waals surface area contributed by atoms with Crippen molar-refractivity contribution in [1.29, 1.82) is 0 Å². The van der Waals surface area contributed by atoms with Crippen LogP contribution in [0.3, 0.4) is 0 Å². The van der Waals surface area contributed by atoms with Gasteiger partial charge in [0, 0.05) is 6.42 Å². The van der Waals surface area contributed by atoms with E-state index in [9.17, 15) is 30.3 Å². The van der Waals surface area contributed by atoms with Gasteiger partial charge in [0.2, 0.25) is 5.91 Å². The quantitative estimate of drug-likeness (QED) is 0.0283. The zero-order valence-corrected chi connectivity index (χ0v) is 32.9. The van der Waals surface area contributed by atoms with Gasteiger partial charge >= 0.3 is 0 Å². The van der Waals surface area contributed by atoms with Gasteiger partial charge in [-0.2, -0.15) is 0 Å². The monoisotopic (exact) mass is 728 g/mol. The van der Waals surface area contributed by atoms with Crippen molar-refractivity contribution in [2.75, 3.05) is 13.2 Å². The molecule has 1 saturated heterocycles.